The van der Waals surface area contributed by atoms with Gasteiger partial charge in [0, 0.05) is 18.2 Å². The van der Waals surface area contributed by atoms with E-state index in [2.05, 4.69) is 10.5 Å². The quantitative estimate of drug-likeness (QED) is 0.912. The summed E-state index contributed by atoms with van der Waals surface area (Å²) in [7, 11) is 0. The molecule has 3 heterocycles. The van der Waals surface area contributed by atoms with Crippen LogP contribution in [0.4, 0.5) is 4.79 Å². The van der Waals surface area contributed by atoms with E-state index in [9.17, 15) is 9.59 Å². The standard InChI is InChI=1S/C17H17N3O4/c21-15(13-9-14(24-19-13)12-5-2-1-3-6-12)20-8-4-7-17(11-20)10-18-16(22)23-17/h1-3,5-6,9H,4,7-8,10-11H2,(H,18,22)/t17-/m0/s1. The summed E-state index contributed by atoms with van der Waals surface area (Å²) in [4.78, 5) is 25.7. The summed E-state index contributed by atoms with van der Waals surface area (Å²) in [5.74, 6) is 0.350. The molecule has 7 nitrogen and oxygen atoms in total. The summed E-state index contributed by atoms with van der Waals surface area (Å²) in [6.45, 7) is 1.42. The van der Waals surface area contributed by atoms with Crippen LogP contribution in [-0.4, -0.2) is 47.3 Å². The van der Waals surface area contributed by atoms with Crippen molar-refractivity contribution in [2.45, 2.75) is 18.4 Å². The lowest BCUT2D eigenvalue weighted by Gasteiger charge is -2.37. The molecular formula is C17H17N3O4. The van der Waals surface area contributed by atoms with E-state index in [0.29, 0.717) is 25.4 Å². The zero-order valence-corrected chi connectivity index (χ0v) is 13.0. The average molecular weight is 327 g/mol. The van der Waals surface area contributed by atoms with Crippen molar-refractivity contribution in [3.05, 3.63) is 42.1 Å². The molecular weight excluding hydrogens is 310 g/mol. The van der Waals surface area contributed by atoms with Crippen LogP contribution in [0.3, 0.4) is 0 Å². The van der Waals surface area contributed by atoms with Crippen molar-refractivity contribution in [2.75, 3.05) is 19.6 Å². The Balaban J connectivity index is 1.52. The number of carbonyl (C=O) groups is 2. The zero-order chi connectivity index (χ0) is 16.6. The van der Waals surface area contributed by atoms with Crippen molar-refractivity contribution in [2.24, 2.45) is 0 Å². The molecule has 124 valence electrons. The molecule has 2 aliphatic heterocycles. The van der Waals surface area contributed by atoms with Crippen LogP contribution < -0.4 is 5.32 Å². The maximum absolute atomic E-state index is 12.7. The highest BCUT2D eigenvalue weighted by molar-refractivity contribution is 5.93. The number of benzene rings is 1. The lowest BCUT2D eigenvalue weighted by atomic mass is 9.93. The van der Waals surface area contributed by atoms with E-state index < -0.39 is 11.7 Å². The Morgan fingerprint density at radius 1 is 1.29 bits per heavy atom. The van der Waals surface area contributed by atoms with E-state index in [1.807, 2.05) is 30.3 Å². The number of rotatable bonds is 2. The van der Waals surface area contributed by atoms with E-state index >= 15 is 0 Å². The number of hydrogen-bond acceptors (Lipinski definition) is 5. The third kappa shape index (κ3) is 2.62. The van der Waals surface area contributed by atoms with Crippen molar-refractivity contribution in [3.8, 4) is 11.3 Å². The molecule has 2 amide bonds. The molecule has 7 heteroatoms. The second-order valence-electron chi connectivity index (χ2n) is 6.20. The zero-order valence-electron chi connectivity index (χ0n) is 13.0. The Morgan fingerprint density at radius 2 is 2.12 bits per heavy atom. The fourth-order valence-electron chi connectivity index (χ4n) is 3.28. The van der Waals surface area contributed by atoms with Gasteiger partial charge in [-0.1, -0.05) is 35.5 Å². The summed E-state index contributed by atoms with van der Waals surface area (Å²) in [5.41, 5.74) is 0.521. The van der Waals surface area contributed by atoms with Gasteiger partial charge in [-0.15, -0.1) is 0 Å². The van der Waals surface area contributed by atoms with Gasteiger partial charge in [-0.2, -0.15) is 0 Å². The van der Waals surface area contributed by atoms with Crippen molar-refractivity contribution in [3.63, 3.8) is 0 Å². The molecule has 1 aromatic carbocycles. The first-order valence-electron chi connectivity index (χ1n) is 7.94. The maximum Gasteiger partial charge on any atom is 0.407 e. The molecule has 2 aliphatic rings. The molecule has 0 saturated carbocycles. The van der Waals surface area contributed by atoms with E-state index in [-0.39, 0.29) is 11.6 Å². The fraction of sp³-hybridized carbons (Fsp3) is 0.353. The number of likely N-dealkylation sites (tertiary alicyclic amines) is 1. The summed E-state index contributed by atoms with van der Waals surface area (Å²) >= 11 is 0. The predicted molar refractivity (Wildman–Crippen MR) is 84.3 cm³/mol. The van der Waals surface area contributed by atoms with Crippen LogP contribution in [0.15, 0.2) is 40.9 Å². The molecule has 0 radical (unpaired) electrons. The first kappa shape index (κ1) is 14.7. The summed E-state index contributed by atoms with van der Waals surface area (Å²) < 4.78 is 10.7. The number of alkyl carbamates (subject to hydrolysis) is 1. The Hall–Kier alpha value is -2.83. The van der Waals surface area contributed by atoms with Gasteiger partial charge >= 0.3 is 6.09 Å². The van der Waals surface area contributed by atoms with E-state index in [0.717, 1.165) is 18.4 Å². The van der Waals surface area contributed by atoms with Crippen molar-refractivity contribution in [1.29, 1.82) is 0 Å². The van der Waals surface area contributed by atoms with Gasteiger partial charge < -0.3 is 19.5 Å². The van der Waals surface area contributed by atoms with Crippen molar-refractivity contribution in [1.82, 2.24) is 15.4 Å². The normalized spacial score (nSPS) is 23.2. The Morgan fingerprint density at radius 3 is 2.88 bits per heavy atom. The van der Waals surface area contributed by atoms with E-state index in [1.165, 1.54) is 0 Å². The van der Waals surface area contributed by atoms with Gasteiger partial charge in [0.1, 0.15) is 5.60 Å². The second kappa shape index (κ2) is 5.67. The van der Waals surface area contributed by atoms with Crippen LogP contribution in [-0.2, 0) is 4.74 Å². The number of hydrogen-bond donors (Lipinski definition) is 1. The third-order valence-electron chi connectivity index (χ3n) is 4.48. The number of ether oxygens (including phenoxy) is 1. The average Bonchev–Trinajstić information content (AvgIpc) is 3.23. The minimum Gasteiger partial charge on any atom is -0.439 e. The highest BCUT2D eigenvalue weighted by atomic mass is 16.6. The van der Waals surface area contributed by atoms with Gasteiger partial charge in [-0.05, 0) is 12.8 Å². The maximum atomic E-state index is 12.7. The van der Waals surface area contributed by atoms with Gasteiger partial charge in [0.15, 0.2) is 11.5 Å². The molecule has 4 rings (SSSR count). The van der Waals surface area contributed by atoms with E-state index in [4.69, 9.17) is 9.26 Å². The monoisotopic (exact) mass is 327 g/mol. The number of aromatic nitrogens is 1. The van der Waals surface area contributed by atoms with Gasteiger partial charge in [0.2, 0.25) is 0 Å². The third-order valence-corrected chi connectivity index (χ3v) is 4.48. The van der Waals surface area contributed by atoms with Crippen LogP contribution in [0.2, 0.25) is 0 Å². The molecule has 2 aromatic rings. The fourth-order valence-corrected chi connectivity index (χ4v) is 3.28. The highest BCUT2D eigenvalue weighted by Gasteiger charge is 2.45. The first-order chi connectivity index (χ1) is 11.7. The van der Waals surface area contributed by atoms with Gasteiger partial charge in [0.05, 0.1) is 13.1 Å². The number of carbonyl (C=O) groups excluding carboxylic acids is 2. The van der Waals surface area contributed by atoms with Crippen molar-refractivity contribution >= 4 is 12.0 Å². The Labute approximate surface area is 138 Å². The largest absolute Gasteiger partial charge is 0.439 e. The number of amides is 2. The SMILES string of the molecule is O=C1NC[C@]2(CCCN(C(=O)c3cc(-c4ccccc4)on3)C2)O1. The highest BCUT2D eigenvalue weighted by Crippen LogP contribution is 2.29. The van der Waals surface area contributed by atoms with Crippen LogP contribution >= 0.6 is 0 Å². The molecule has 0 bridgehead atoms. The number of nitrogens with zero attached hydrogens (tertiary/aromatic N) is 2. The predicted octanol–water partition coefficient (Wildman–Crippen LogP) is 2.06. The Bertz CT molecular complexity index is 773. The van der Waals surface area contributed by atoms with Crippen LogP contribution in [0, 0.1) is 0 Å². The van der Waals surface area contributed by atoms with Crippen LogP contribution in [0.1, 0.15) is 23.3 Å². The van der Waals surface area contributed by atoms with Crippen LogP contribution in [0.5, 0.6) is 0 Å². The lowest BCUT2D eigenvalue weighted by Crippen LogP contribution is -2.52. The molecule has 1 atom stereocenters. The lowest BCUT2D eigenvalue weighted by molar-refractivity contribution is -0.00536. The topological polar surface area (TPSA) is 84.7 Å². The summed E-state index contributed by atoms with van der Waals surface area (Å²) in [6.07, 6.45) is 1.12. The van der Waals surface area contributed by atoms with Gasteiger partial charge in [0.25, 0.3) is 5.91 Å². The molecule has 1 N–H and O–H groups in total. The first-order valence-corrected chi connectivity index (χ1v) is 7.94. The minimum atomic E-state index is -0.614. The van der Waals surface area contributed by atoms with E-state index in [1.54, 1.807) is 11.0 Å². The van der Waals surface area contributed by atoms with Gasteiger partial charge in [-0.3, -0.25) is 4.79 Å². The molecule has 24 heavy (non-hydrogen) atoms. The number of nitrogens with one attached hydrogen (secondary N) is 1. The molecule has 2 fully saturated rings. The minimum absolute atomic E-state index is 0.206. The molecule has 1 aromatic heterocycles. The second-order valence-corrected chi connectivity index (χ2v) is 6.20. The Kier molecular flexibility index (Phi) is 3.48. The van der Waals surface area contributed by atoms with Crippen LogP contribution in [0.25, 0.3) is 11.3 Å². The molecule has 0 unspecified atom stereocenters. The molecule has 2 saturated heterocycles. The smallest absolute Gasteiger partial charge is 0.407 e. The van der Waals surface area contributed by atoms with Crippen molar-refractivity contribution < 1.29 is 18.8 Å². The van der Waals surface area contributed by atoms with Gasteiger partial charge in [-0.25, -0.2) is 4.79 Å². The number of piperidine rings is 1. The summed E-state index contributed by atoms with van der Waals surface area (Å²) in [5, 5.41) is 6.58. The molecule has 1 spiro atoms. The summed E-state index contributed by atoms with van der Waals surface area (Å²) in [6, 6.07) is 11.2. The molecule has 0 aliphatic carbocycles.